The molecule has 3 heteroatoms. The second kappa shape index (κ2) is 6.01. The first-order chi connectivity index (χ1) is 5.16. The Morgan fingerprint density at radius 1 is 1.55 bits per heavy atom. The van der Waals surface area contributed by atoms with Gasteiger partial charge in [0.2, 0.25) is 0 Å². The third kappa shape index (κ3) is 7.16. The second-order valence-electron chi connectivity index (χ2n) is 2.91. The van der Waals surface area contributed by atoms with E-state index in [4.69, 9.17) is 4.74 Å². The van der Waals surface area contributed by atoms with Crippen LogP contribution in [0.15, 0.2) is 0 Å². The van der Waals surface area contributed by atoms with Crippen LogP contribution < -0.4 is 5.32 Å². The zero-order valence-corrected chi connectivity index (χ0v) is 7.52. The molecule has 0 saturated carbocycles. The van der Waals surface area contributed by atoms with E-state index >= 15 is 0 Å². The minimum atomic E-state index is -0.305. The van der Waals surface area contributed by atoms with Gasteiger partial charge in [-0.3, -0.25) is 0 Å². The number of carbonyl (C=O) groups is 1. The average Bonchev–Trinajstić information content (AvgIpc) is 1.97. The van der Waals surface area contributed by atoms with E-state index < -0.39 is 0 Å². The Labute approximate surface area is 68.1 Å². The monoisotopic (exact) mass is 159 g/mol. The first-order valence-corrected chi connectivity index (χ1v) is 4.07. The summed E-state index contributed by atoms with van der Waals surface area (Å²) in [6, 6.07) is 0. The number of nitrogens with one attached hydrogen (secondary N) is 1. The van der Waals surface area contributed by atoms with E-state index in [1.54, 1.807) is 0 Å². The van der Waals surface area contributed by atoms with Gasteiger partial charge in [0.15, 0.2) is 0 Å². The van der Waals surface area contributed by atoms with E-state index in [1.165, 1.54) is 0 Å². The molecule has 0 aliphatic heterocycles. The maximum absolute atomic E-state index is 10.8. The Morgan fingerprint density at radius 3 is 2.64 bits per heavy atom. The lowest BCUT2D eigenvalue weighted by atomic mass is 10.2. The molecule has 0 aromatic rings. The molecule has 0 aliphatic carbocycles. The van der Waals surface area contributed by atoms with Gasteiger partial charge in [0.25, 0.3) is 0 Å². The van der Waals surface area contributed by atoms with Crippen LogP contribution in [-0.4, -0.2) is 19.2 Å². The molecule has 0 spiro atoms. The maximum Gasteiger partial charge on any atom is 0.407 e. The largest absolute Gasteiger partial charge is 0.450 e. The molecule has 0 radical (unpaired) electrons. The molecular formula is C8H17NO2. The van der Waals surface area contributed by atoms with E-state index in [0.29, 0.717) is 19.1 Å². The Kier molecular flexibility index (Phi) is 5.61. The van der Waals surface area contributed by atoms with Crippen LogP contribution in [0.4, 0.5) is 4.79 Å². The van der Waals surface area contributed by atoms with Crippen molar-refractivity contribution in [3.8, 4) is 0 Å². The highest BCUT2D eigenvalue weighted by Gasteiger charge is 2.00. The molecule has 0 unspecified atom stereocenters. The third-order valence-corrected chi connectivity index (χ3v) is 1.09. The zero-order valence-electron chi connectivity index (χ0n) is 7.52. The first-order valence-electron chi connectivity index (χ1n) is 4.07. The van der Waals surface area contributed by atoms with Crippen LogP contribution in [0, 0.1) is 5.92 Å². The minimum Gasteiger partial charge on any atom is -0.450 e. The lowest BCUT2D eigenvalue weighted by molar-refractivity contribution is 0.145. The molecular weight excluding hydrogens is 142 g/mol. The van der Waals surface area contributed by atoms with Crippen molar-refractivity contribution in [3.63, 3.8) is 0 Å². The second-order valence-corrected chi connectivity index (χ2v) is 2.91. The molecule has 0 atom stereocenters. The number of amides is 1. The van der Waals surface area contributed by atoms with Crippen molar-refractivity contribution in [3.05, 3.63) is 0 Å². The van der Waals surface area contributed by atoms with Gasteiger partial charge in [0.1, 0.15) is 0 Å². The molecule has 11 heavy (non-hydrogen) atoms. The lowest BCUT2D eigenvalue weighted by Gasteiger charge is -2.07. The van der Waals surface area contributed by atoms with Crippen molar-refractivity contribution in [1.29, 1.82) is 0 Å². The van der Waals surface area contributed by atoms with Crippen LogP contribution in [-0.2, 0) is 4.74 Å². The van der Waals surface area contributed by atoms with Crippen LogP contribution >= 0.6 is 0 Å². The van der Waals surface area contributed by atoms with Gasteiger partial charge in [-0.15, -0.1) is 0 Å². The summed E-state index contributed by atoms with van der Waals surface area (Å²) >= 11 is 0. The highest BCUT2D eigenvalue weighted by atomic mass is 16.5. The van der Waals surface area contributed by atoms with Gasteiger partial charge in [-0.2, -0.15) is 0 Å². The molecule has 1 N–H and O–H groups in total. The molecule has 3 nitrogen and oxygen atoms in total. The molecule has 1 amide bonds. The van der Waals surface area contributed by atoms with E-state index in [2.05, 4.69) is 5.32 Å². The van der Waals surface area contributed by atoms with Crippen LogP contribution in [0.25, 0.3) is 0 Å². The van der Waals surface area contributed by atoms with Crippen LogP contribution in [0.2, 0.25) is 0 Å². The Bertz CT molecular complexity index is 113. The SMILES string of the molecule is CCCOC(=O)NCC(C)C. The highest BCUT2D eigenvalue weighted by Crippen LogP contribution is 1.88. The minimum absolute atomic E-state index is 0.305. The number of hydrogen-bond acceptors (Lipinski definition) is 2. The summed E-state index contributed by atoms with van der Waals surface area (Å²) in [7, 11) is 0. The lowest BCUT2D eigenvalue weighted by Crippen LogP contribution is -2.28. The van der Waals surface area contributed by atoms with Crippen LogP contribution in [0.1, 0.15) is 27.2 Å². The summed E-state index contributed by atoms with van der Waals surface area (Å²) in [4.78, 5) is 10.8. The number of hydrogen-bond donors (Lipinski definition) is 1. The van der Waals surface area contributed by atoms with Crippen molar-refractivity contribution >= 4 is 6.09 Å². The summed E-state index contributed by atoms with van der Waals surface area (Å²) in [6.45, 7) is 7.24. The number of carbonyl (C=O) groups excluding carboxylic acids is 1. The molecule has 0 bridgehead atoms. The van der Waals surface area contributed by atoms with Crippen molar-refractivity contribution in [2.45, 2.75) is 27.2 Å². The fraction of sp³-hybridized carbons (Fsp3) is 0.875. The van der Waals surface area contributed by atoms with Crippen molar-refractivity contribution in [2.75, 3.05) is 13.2 Å². The molecule has 0 heterocycles. The predicted molar refractivity (Wildman–Crippen MR) is 44.5 cm³/mol. The van der Waals surface area contributed by atoms with E-state index in [-0.39, 0.29) is 6.09 Å². The average molecular weight is 159 g/mol. The summed E-state index contributed by atoms with van der Waals surface area (Å²) in [6.07, 6.45) is 0.565. The summed E-state index contributed by atoms with van der Waals surface area (Å²) < 4.78 is 4.79. The smallest absolute Gasteiger partial charge is 0.407 e. The molecule has 0 aliphatic rings. The van der Waals surface area contributed by atoms with Crippen LogP contribution in [0.5, 0.6) is 0 Å². The Hall–Kier alpha value is -0.730. The Balaban J connectivity index is 3.23. The van der Waals surface area contributed by atoms with Crippen molar-refractivity contribution in [2.24, 2.45) is 5.92 Å². The van der Waals surface area contributed by atoms with E-state index in [9.17, 15) is 4.79 Å². The summed E-state index contributed by atoms with van der Waals surface area (Å²) in [5.41, 5.74) is 0. The van der Waals surface area contributed by atoms with Gasteiger partial charge in [0.05, 0.1) is 6.61 Å². The molecule has 0 aromatic carbocycles. The van der Waals surface area contributed by atoms with E-state index in [0.717, 1.165) is 6.42 Å². The number of ether oxygens (including phenoxy) is 1. The number of rotatable bonds is 4. The fourth-order valence-electron chi connectivity index (χ4n) is 0.533. The molecule has 0 saturated heterocycles. The topological polar surface area (TPSA) is 38.3 Å². The molecule has 0 fully saturated rings. The van der Waals surface area contributed by atoms with Crippen molar-refractivity contribution in [1.82, 2.24) is 5.32 Å². The van der Waals surface area contributed by atoms with Gasteiger partial charge in [0, 0.05) is 6.54 Å². The standard InChI is InChI=1S/C8H17NO2/c1-4-5-11-8(10)9-6-7(2)3/h7H,4-6H2,1-3H3,(H,9,10). The van der Waals surface area contributed by atoms with Gasteiger partial charge in [-0.05, 0) is 12.3 Å². The molecule has 0 rings (SSSR count). The molecule has 0 aromatic heterocycles. The van der Waals surface area contributed by atoms with Gasteiger partial charge in [-0.25, -0.2) is 4.79 Å². The highest BCUT2D eigenvalue weighted by molar-refractivity contribution is 5.66. The van der Waals surface area contributed by atoms with Gasteiger partial charge in [-0.1, -0.05) is 20.8 Å². The number of alkyl carbamates (subject to hydrolysis) is 1. The molecule has 66 valence electrons. The van der Waals surface area contributed by atoms with Crippen LogP contribution in [0.3, 0.4) is 0 Å². The van der Waals surface area contributed by atoms with Gasteiger partial charge >= 0.3 is 6.09 Å². The maximum atomic E-state index is 10.8. The Morgan fingerprint density at radius 2 is 2.18 bits per heavy atom. The zero-order chi connectivity index (χ0) is 8.69. The first kappa shape index (κ1) is 10.3. The summed E-state index contributed by atoms with van der Waals surface area (Å²) in [5, 5.41) is 2.66. The third-order valence-electron chi connectivity index (χ3n) is 1.09. The normalized spacial score (nSPS) is 9.82. The predicted octanol–water partition coefficient (Wildman–Crippen LogP) is 1.78. The van der Waals surface area contributed by atoms with E-state index in [1.807, 2.05) is 20.8 Å². The van der Waals surface area contributed by atoms with Gasteiger partial charge < -0.3 is 10.1 Å². The fourth-order valence-corrected chi connectivity index (χ4v) is 0.533. The van der Waals surface area contributed by atoms with Crippen molar-refractivity contribution < 1.29 is 9.53 Å². The summed E-state index contributed by atoms with van der Waals surface area (Å²) in [5.74, 6) is 0.476. The quantitative estimate of drug-likeness (QED) is 0.679.